The summed E-state index contributed by atoms with van der Waals surface area (Å²) in [4.78, 5) is 12.2. The quantitative estimate of drug-likeness (QED) is 0.447. The van der Waals surface area contributed by atoms with Gasteiger partial charge in [-0.25, -0.2) is 8.42 Å². The summed E-state index contributed by atoms with van der Waals surface area (Å²) in [7, 11) is -1.79. The van der Waals surface area contributed by atoms with Gasteiger partial charge < -0.3 is 4.57 Å². The molecule has 0 aliphatic carbocycles. The van der Waals surface area contributed by atoms with E-state index in [-0.39, 0.29) is 11.3 Å². The number of rotatable bonds is 7. The van der Waals surface area contributed by atoms with Crippen molar-refractivity contribution in [3.05, 3.63) is 81.9 Å². The maximum absolute atomic E-state index is 12.5. The van der Waals surface area contributed by atoms with Crippen LogP contribution in [0.4, 0.5) is 5.69 Å². The van der Waals surface area contributed by atoms with Crippen molar-refractivity contribution in [2.75, 3.05) is 10.5 Å². The van der Waals surface area contributed by atoms with Crippen molar-refractivity contribution in [3.63, 3.8) is 0 Å². The number of nitrogens with zero attached hydrogens (tertiary/aromatic N) is 3. The lowest BCUT2D eigenvalue weighted by molar-refractivity contribution is 0.602. The number of hydrogen-bond donors (Lipinski definition) is 1. The Labute approximate surface area is 193 Å². The van der Waals surface area contributed by atoms with Crippen LogP contribution in [0.1, 0.15) is 30.7 Å². The Hall–Kier alpha value is -3.39. The molecule has 0 saturated heterocycles. The van der Waals surface area contributed by atoms with Gasteiger partial charge in [0, 0.05) is 24.2 Å². The van der Waals surface area contributed by atoms with E-state index < -0.39 is 10.0 Å². The summed E-state index contributed by atoms with van der Waals surface area (Å²) in [6.45, 7) is 5.96. The fourth-order valence-corrected chi connectivity index (χ4v) is 4.67. The SMILES string of the molecule is CCc1nn(Cc2ccccc2)c2cc(-c3cc(C)c(=O)n(C)c3)cc(NS(=O)(=O)CC)c12. The maximum atomic E-state index is 12.5. The predicted octanol–water partition coefficient (Wildman–Crippen LogP) is 4.08. The Balaban J connectivity index is 1.99. The van der Waals surface area contributed by atoms with Gasteiger partial charge in [0.1, 0.15) is 0 Å². The summed E-state index contributed by atoms with van der Waals surface area (Å²) in [5.74, 6) is -0.0305. The minimum Gasteiger partial charge on any atom is -0.318 e. The highest BCUT2D eigenvalue weighted by Crippen LogP contribution is 2.34. The molecular formula is C25H28N4O3S. The minimum atomic E-state index is -3.50. The predicted molar refractivity (Wildman–Crippen MR) is 133 cm³/mol. The van der Waals surface area contributed by atoms with Gasteiger partial charge in [-0.05, 0) is 55.2 Å². The number of nitrogens with one attached hydrogen (secondary N) is 1. The fraction of sp³-hybridized carbons (Fsp3) is 0.280. The third-order valence-electron chi connectivity index (χ3n) is 5.78. The van der Waals surface area contributed by atoms with Gasteiger partial charge in [0.15, 0.2) is 0 Å². The van der Waals surface area contributed by atoms with Crippen LogP contribution in [0.15, 0.2) is 59.5 Å². The van der Waals surface area contributed by atoms with Crippen LogP contribution in [-0.2, 0) is 30.0 Å². The topological polar surface area (TPSA) is 86.0 Å². The second-order valence-electron chi connectivity index (χ2n) is 8.19. The van der Waals surface area contributed by atoms with Crippen molar-refractivity contribution in [2.24, 2.45) is 7.05 Å². The number of pyridine rings is 1. The average Bonchev–Trinajstić information content (AvgIpc) is 3.15. The zero-order valence-corrected chi connectivity index (χ0v) is 20.1. The summed E-state index contributed by atoms with van der Waals surface area (Å²) in [6.07, 6.45) is 2.44. The number of hydrogen-bond acceptors (Lipinski definition) is 4. The van der Waals surface area contributed by atoms with E-state index in [4.69, 9.17) is 5.10 Å². The molecule has 0 bridgehead atoms. The molecule has 1 N–H and O–H groups in total. The second kappa shape index (κ2) is 8.86. The van der Waals surface area contributed by atoms with Crippen molar-refractivity contribution >= 4 is 26.6 Å². The zero-order chi connectivity index (χ0) is 23.8. The van der Waals surface area contributed by atoms with Gasteiger partial charge in [0.25, 0.3) is 5.56 Å². The first-order valence-electron chi connectivity index (χ1n) is 11.0. The molecule has 0 spiro atoms. The molecule has 4 rings (SSSR count). The lowest BCUT2D eigenvalue weighted by Gasteiger charge is -2.13. The summed E-state index contributed by atoms with van der Waals surface area (Å²) in [5, 5.41) is 5.63. The molecule has 2 aromatic carbocycles. The van der Waals surface area contributed by atoms with Crippen LogP contribution in [-0.4, -0.2) is 28.5 Å². The van der Waals surface area contributed by atoms with Crippen LogP contribution in [0.5, 0.6) is 0 Å². The third kappa shape index (κ3) is 4.57. The van der Waals surface area contributed by atoms with Gasteiger partial charge in [0.05, 0.1) is 29.2 Å². The van der Waals surface area contributed by atoms with Crippen molar-refractivity contribution in [2.45, 2.75) is 33.7 Å². The molecule has 4 aromatic rings. The number of benzene rings is 2. The molecular weight excluding hydrogens is 436 g/mol. The molecule has 0 aliphatic rings. The summed E-state index contributed by atoms with van der Waals surface area (Å²) in [6, 6.07) is 15.7. The summed E-state index contributed by atoms with van der Waals surface area (Å²) < 4.78 is 31.3. The molecule has 172 valence electrons. The summed E-state index contributed by atoms with van der Waals surface area (Å²) >= 11 is 0. The molecule has 2 aromatic heterocycles. The van der Waals surface area contributed by atoms with E-state index in [0.717, 1.165) is 33.3 Å². The van der Waals surface area contributed by atoms with Crippen molar-refractivity contribution in [1.29, 1.82) is 0 Å². The molecule has 2 heterocycles. The molecule has 0 amide bonds. The number of sulfonamides is 1. The van der Waals surface area contributed by atoms with E-state index in [9.17, 15) is 13.2 Å². The number of anilines is 1. The molecule has 0 radical (unpaired) electrons. The Kier molecular flexibility index (Phi) is 6.12. The first kappa shape index (κ1) is 22.8. The monoisotopic (exact) mass is 464 g/mol. The Morgan fingerprint density at radius 1 is 1.03 bits per heavy atom. The standard InChI is InChI=1S/C25H28N4O3S/c1-5-21-24-22(27-33(31,32)6-2)13-19(20-12-17(3)25(30)28(4)16-20)14-23(24)29(26-21)15-18-10-8-7-9-11-18/h7-14,16,27H,5-6,15H2,1-4H3. The second-order valence-corrected chi connectivity index (χ2v) is 10.2. The van der Waals surface area contributed by atoms with Crippen molar-refractivity contribution in [3.8, 4) is 11.1 Å². The van der Waals surface area contributed by atoms with Crippen LogP contribution in [0.3, 0.4) is 0 Å². The lowest BCUT2D eigenvalue weighted by atomic mass is 10.0. The first-order valence-corrected chi connectivity index (χ1v) is 12.6. The van der Waals surface area contributed by atoms with E-state index >= 15 is 0 Å². The highest BCUT2D eigenvalue weighted by Gasteiger charge is 2.19. The highest BCUT2D eigenvalue weighted by molar-refractivity contribution is 7.92. The average molecular weight is 465 g/mol. The van der Waals surface area contributed by atoms with Gasteiger partial charge in [-0.3, -0.25) is 14.2 Å². The van der Waals surface area contributed by atoms with Crippen LogP contribution in [0, 0.1) is 6.92 Å². The maximum Gasteiger partial charge on any atom is 0.253 e. The minimum absolute atomic E-state index is 0.0305. The molecule has 0 atom stereocenters. The number of aryl methyl sites for hydroxylation is 3. The van der Waals surface area contributed by atoms with Crippen LogP contribution < -0.4 is 10.3 Å². The van der Waals surface area contributed by atoms with E-state index in [1.807, 2.05) is 60.1 Å². The summed E-state index contributed by atoms with van der Waals surface area (Å²) in [5.41, 5.74) is 5.49. The van der Waals surface area contributed by atoms with Crippen molar-refractivity contribution < 1.29 is 8.42 Å². The highest BCUT2D eigenvalue weighted by atomic mass is 32.2. The van der Waals surface area contributed by atoms with E-state index in [1.165, 1.54) is 0 Å². The Morgan fingerprint density at radius 2 is 1.76 bits per heavy atom. The van der Waals surface area contributed by atoms with Gasteiger partial charge in [-0.15, -0.1) is 0 Å². The van der Waals surface area contributed by atoms with E-state index in [1.54, 1.807) is 31.7 Å². The van der Waals surface area contributed by atoms with Gasteiger partial charge >= 0.3 is 0 Å². The molecule has 0 saturated carbocycles. The van der Waals surface area contributed by atoms with Gasteiger partial charge in [-0.2, -0.15) is 5.10 Å². The molecule has 0 aliphatic heterocycles. The van der Waals surface area contributed by atoms with E-state index in [2.05, 4.69) is 4.72 Å². The molecule has 33 heavy (non-hydrogen) atoms. The largest absolute Gasteiger partial charge is 0.318 e. The number of fused-ring (bicyclic) bond motifs is 1. The fourth-order valence-electron chi connectivity index (χ4n) is 4.03. The van der Waals surface area contributed by atoms with E-state index in [0.29, 0.717) is 24.2 Å². The van der Waals surface area contributed by atoms with Crippen LogP contribution in [0.25, 0.3) is 22.0 Å². The smallest absolute Gasteiger partial charge is 0.253 e. The van der Waals surface area contributed by atoms with Crippen LogP contribution >= 0.6 is 0 Å². The Morgan fingerprint density at radius 3 is 2.39 bits per heavy atom. The third-order valence-corrected chi connectivity index (χ3v) is 7.07. The van der Waals surface area contributed by atoms with Gasteiger partial charge in [0.2, 0.25) is 10.0 Å². The van der Waals surface area contributed by atoms with Gasteiger partial charge in [-0.1, -0.05) is 37.3 Å². The molecule has 0 fully saturated rings. The molecule has 8 heteroatoms. The Bertz CT molecular complexity index is 1460. The molecule has 7 nitrogen and oxygen atoms in total. The van der Waals surface area contributed by atoms with Crippen molar-refractivity contribution in [1.82, 2.24) is 14.3 Å². The first-order chi connectivity index (χ1) is 15.7. The van der Waals surface area contributed by atoms with Crippen LogP contribution in [0.2, 0.25) is 0 Å². The molecule has 0 unspecified atom stereocenters. The zero-order valence-electron chi connectivity index (χ0n) is 19.3. The number of aromatic nitrogens is 3. The normalized spacial score (nSPS) is 11.8. The lowest BCUT2D eigenvalue weighted by Crippen LogP contribution is -2.18.